The third-order valence-electron chi connectivity index (χ3n) is 3.55. The Balaban J connectivity index is 1.85. The highest BCUT2D eigenvalue weighted by atomic mass is 16.4. The highest BCUT2D eigenvalue weighted by molar-refractivity contribution is 6.02. The first-order valence-electron chi connectivity index (χ1n) is 7.34. The minimum absolute atomic E-state index is 0.0692. The fourth-order valence-electron chi connectivity index (χ4n) is 2.32. The Morgan fingerprint density at radius 2 is 1.82 bits per heavy atom. The monoisotopic (exact) mass is 300 g/mol. The molecule has 0 saturated carbocycles. The van der Waals surface area contributed by atoms with Crippen molar-refractivity contribution in [2.45, 2.75) is 31.7 Å². The van der Waals surface area contributed by atoms with Crippen molar-refractivity contribution in [3.63, 3.8) is 0 Å². The van der Waals surface area contributed by atoms with Gasteiger partial charge in [-0.3, -0.25) is 9.59 Å². The van der Waals surface area contributed by atoms with Crippen LogP contribution in [-0.4, -0.2) is 23.0 Å². The average Bonchev–Trinajstić information content (AvgIpc) is 2.51. The smallest absolute Gasteiger partial charge is 0.320 e. The molecule has 2 aromatic carbocycles. The molecule has 0 aliphatic carbocycles. The molecule has 0 aromatic heterocycles. The molecule has 22 heavy (non-hydrogen) atoms. The Labute approximate surface area is 129 Å². The van der Waals surface area contributed by atoms with Gasteiger partial charge in [-0.05, 0) is 24.3 Å². The van der Waals surface area contributed by atoms with Gasteiger partial charge in [0.05, 0.1) is 0 Å². The second kappa shape index (κ2) is 7.56. The summed E-state index contributed by atoms with van der Waals surface area (Å²) in [6, 6.07) is 12.8. The Kier molecular flexibility index (Phi) is 5.49. The summed E-state index contributed by atoms with van der Waals surface area (Å²) >= 11 is 0. The second-order valence-electron chi connectivity index (χ2n) is 5.27. The van der Waals surface area contributed by atoms with E-state index >= 15 is 0 Å². The first-order valence-corrected chi connectivity index (χ1v) is 7.34. The van der Waals surface area contributed by atoms with E-state index in [4.69, 9.17) is 10.8 Å². The van der Waals surface area contributed by atoms with Gasteiger partial charge in [0.25, 0.3) is 0 Å². The lowest BCUT2D eigenvalue weighted by molar-refractivity contribution is -0.138. The number of anilines is 1. The number of unbranched alkanes of at least 4 members (excludes halogenated alkanes) is 1. The highest BCUT2D eigenvalue weighted by Gasteiger charge is 2.11. The molecule has 1 unspecified atom stereocenters. The zero-order valence-electron chi connectivity index (χ0n) is 12.3. The largest absolute Gasteiger partial charge is 0.480 e. The van der Waals surface area contributed by atoms with Crippen molar-refractivity contribution in [2.24, 2.45) is 5.73 Å². The van der Waals surface area contributed by atoms with Gasteiger partial charge in [-0.2, -0.15) is 0 Å². The van der Waals surface area contributed by atoms with Crippen LogP contribution in [0.1, 0.15) is 25.7 Å². The summed E-state index contributed by atoms with van der Waals surface area (Å²) in [5, 5.41) is 13.7. The van der Waals surface area contributed by atoms with E-state index in [2.05, 4.69) is 5.32 Å². The summed E-state index contributed by atoms with van der Waals surface area (Å²) in [6.07, 6.45) is 1.99. The molecule has 2 rings (SSSR count). The standard InChI is InChI=1S/C17H20N2O3/c18-14(17(21)22)9-3-4-11-16(20)19-15-10-5-7-12-6-1-2-8-13(12)15/h1-2,5-8,10,14H,3-4,9,11,18H2,(H,19,20)(H,21,22). The predicted octanol–water partition coefficient (Wildman–Crippen LogP) is 2.75. The van der Waals surface area contributed by atoms with E-state index in [1.807, 2.05) is 42.5 Å². The molecule has 0 radical (unpaired) electrons. The van der Waals surface area contributed by atoms with E-state index in [1.165, 1.54) is 0 Å². The summed E-state index contributed by atoms with van der Waals surface area (Å²) in [4.78, 5) is 22.6. The molecule has 0 bridgehead atoms. The number of nitrogens with one attached hydrogen (secondary N) is 1. The molecule has 116 valence electrons. The number of nitrogens with two attached hydrogens (primary N) is 1. The Bertz CT molecular complexity index is 665. The topological polar surface area (TPSA) is 92.4 Å². The number of carbonyl (C=O) groups is 2. The molecule has 0 fully saturated rings. The molecule has 2 aromatic rings. The van der Waals surface area contributed by atoms with Crippen LogP contribution in [0.3, 0.4) is 0 Å². The summed E-state index contributed by atoms with van der Waals surface area (Å²) < 4.78 is 0. The van der Waals surface area contributed by atoms with E-state index in [0.29, 0.717) is 25.7 Å². The van der Waals surface area contributed by atoms with Gasteiger partial charge < -0.3 is 16.2 Å². The third kappa shape index (κ3) is 4.30. The van der Waals surface area contributed by atoms with Crippen LogP contribution in [0.2, 0.25) is 0 Å². The lowest BCUT2D eigenvalue weighted by Gasteiger charge is -2.09. The van der Waals surface area contributed by atoms with Gasteiger partial charge in [-0.1, -0.05) is 42.8 Å². The minimum atomic E-state index is -1.000. The number of benzene rings is 2. The number of amides is 1. The summed E-state index contributed by atoms with van der Waals surface area (Å²) in [5.74, 6) is -1.07. The predicted molar refractivity (Wildman–Crippen MR) is 86.7 cm³/mol. The van der Waals surface area contributed by atoms with Crippen LogP contribution < -0.4 is 11.1 Å². The van der Waals surface area contributed by atoms with Crippen LogP contribution in [0.15, 0.2) is 42.5 Å². The molecule has 5 heteroatoms. The SMILES string of the molecule is NC(CCCCC(=O)Nc1cccc2ccccc12)C(=O)O. The number of fused-ring (bicyclic) bond motifs is 1. The van der Waals surface area contributed by atoms with Crippen LogP contribution in [0.25, 0.3) is 10.8 Å². The van der Waals surface area contributed by atoms with Crippen molar-refractivity contribution in [1.82, 2.24) is 0 Å². The van der Waals surface area contributed by atoms with Gasteiger partial charge in [-0.15, -0.1) is 0 Å². The van der Waals surface area contributed by atoms with Gasteiger partial charge in [0, 0.05) is 17.5 Å². The zero-order valence-corrected chi connectivity index (χ0v) is 12.3. The van der Waals surface area contributed by atoms with Crippen molar-refractivity contribution in [2.75, 3.05) is 5.32 Å². The van der Waals surface area contributed by atoms with Crippen LogP contribution in [-0.2, 0) is 9.59 Å². The molecule has 0 aliphatic heterocycles. The van der Waals surface area contributed by atoms with E-state index in [1.54, 1.807) is 0 Å². The van der Waals surface area contributed by atoms with Crippen LogP contribution in [0, 0.1) is 0 Å². The summed E-state index contributed by atoms with van der Waals surface area (Å²) in [5.41, 5.74) is 6.22. The van der Waals surface area contributed by atoms with E-state index in [9.17, 15) is 9.59 Å². The second-order valence-corrected chi connectivity index (χ2v) is 5.27. The molecule has 0 heterocycles. The van der Waals surface area contributed by atoms with E-state index in [0.717, 1.165) is 16.5 Å². The number of carboxylic acid groups (broad SMARTS) is 1. The quantitative estimate of drug-likeness (QED) is 0.685. The number of hydrogen-bond donors (Lipinski definition) is 3. The lowest BCUT2D eigenvalue weighted by atomic mass is 10.1. The van der Waals surface area contributed by atoms with Crippen molar-refractivity contribution in [1.29, 1.82) is 0 Å². The molecular weight excluding hydrogens is 280 g/mol. The summed E-state index contributed by atoms with van der Waals surface area (Å²) in [6.45, 7) is 0. The summed E-state index contributed by atoms with van der Waals surface area (Å²) in [7, 11) is 0. The molecule has 0 aliphatic rings. The first kappa shape index (κ1) is 16.0. The van der Waals surface area contributed by atoms with Crippen molar-refractivity contribution in [3.05, 3.63) is 42.5 Å². The molecule has 5 nitrogen and oxygen atoms in total. The van der Waals surface area contributed by atoms with Crippen molar-refractivity contribution in [3.8, 4) is 0 Å². The maximum absolute atomic E-state index is 12.0. The fourth-order valence-corrected chi connectivity index (χ4v) is 2.32. The Hall–Kier alpha value is -2.40. The molecular formula is C17H20N2O3. The average molecular weight is 300 g/mol. The van der Waals surface area contributed by atoms with Crippen LogP contribution >= 0.6 is 0 Å². The molecule has 4 N–H and O–H groups in total. The number of hydrogen-bond acceptors (Lipinski definition) is 3. The fraction of sp³-hybridized carbons (Fsp3) is 0.294. The molecule has 1 atom stereocenters. The normalized spacial score (nSPS) is 12.0. The lowest BCUT2D eigenvalue weighted by Crippen LogP contribution is -2.29. The highest BCUT2D eigenvalue weighted by Crippen LogP contribution is 2.23. The van der Waals surface area contributed by atoms with Crippen LogP contribution in [0.4, 0.5) is 5.69 Å². The maximum atomic E-state index is 12.0. The maximum Gasteiger partial charge on any atom is 0.320 e. The number of aliphatic carboxylic acids is 1. The number of rotatable bonds is 7. The number of carbonyl (C=O) groups excluding carboxylic acids is 1. The molecule has 0 saturated heterocycles. The van der Waals surface area contributed by atoms with Crippen LogP contribution in [0.5, 0.6) is 0 Å². The first-order chi connectivity index (χ1) is 10.6. The minimum Gasteiger partial charge on any atom is -0.480 e. The van der Waals surface area contributed by atoms with Gasteiger partial charge in [-0.25, -0.2) is 0 Å². The Morgan fingerprint density at radius 1 is 1.09 bits per heavy atom. The van der Waals surface area contributed by atoms with Crippen molar-refractivity contribution >= 4 is 28.3 Å². The van der Waals surface area contributed by atoms with Gasteiger partial charge in [0.1, 0.15) is 6.04 Å². The molecule has 0 spiro atoms. The molecule has 1 amide bonds. The van der Waals surface area contributed by atoms with Gasteiger partial charge >= 0.3 is 5.97 Å². The number of carboxylic acids is 1. The van der Waals surface area contributed by atoms with E-state index < -0.39 is 12.0 Å². The third-order valence-corrected chi connectivity index (χ3v) is 3.55. The van der Waals surface area contributed by atoms with Gasteiger partial charge in [0.15, 0.2) is 0 Å². The zero-order chi connectivity index (χ0) is 15.9. The van der Waals surface area contributed by atoms with E-state index in [-0.39, 0.29) is 5.91 Å². The Morgan fingerprint density at radius 3 is 2.59 bits per heavy atom. The van der Waals surface area contributed by atoms with Gasteiger partial charge in [0.2, 0.25) is 5.91 Å². The van der Waals surface area contributed by atoms with Crippen molar-refractivity contribution < 1.29 is 14.7 Å².